The van der Waals surface area contributed by atoms with Crippen LogP contribution >= 0.6 is 12.6 Å². The van der Waals surface area contributed by atoms with Crippen LogP contribution in [0.2, 0.25) is 0 Å². The van der Waals surface area contributed by atoms with Gasteiger partial charge in [0.25, 0.3) is 0 Å². The van der Waals surface area contributed by atoms with Crippen LogP contribution in [0, 0.1) is 6.92 Å². The maximum Gasteiger partial charge on any atom is 0.0698 e. The van der Waals surface area contributed by atoms with Crippen LogP contribution < -0.4 is 0 Å². The first-order chi connectivity index (χ1) is 7.24. The lowest BCUT2D eigenvalue weighted by atomic mass is 9.89. The molecule has 1 aliphatic rings. The first kappa shape index (κ1) is 9.10. The van der Waals surface area contributed by atoms with Gasteiger partial charge in [0.2, 0.25) is 0 Å². The van der Waals surface area contributed by atoms with Crippen molar-refractivity contribution in [2.75, 3.05) is 0 Å². The third-order valence-electron chi connectivity index (χ3n) is 3.08. The Morgan fingerprint density at radius 1 is 1.13 bits per heavy atom. The van der Waals surface area contributed by atoms with Crippen LogP contribution in [-0.2, 0) is 12.8 Å². The molecule has 1 aromatic carbocycles. The summed E-state index contributed by atoms with van der Waals surface area (Å²) in [5, 5.41) is 0.966. The Morgan fingerprint density at radius 2 is 1.93 bits per heavy atom. The molecule has 1 aliphatic carbocycles. The maximum absolute atomic E-state index is 4.37. The number of benzene rings is 1. The van der Waals surface area contributed by atoms with E-state index in [1.165, 1.54) is 27.9 Å². The molecule has 0 fully saturated rings. The second kappa shape index (κ2) is 3.17. The van der Waals surface area contributed by atoms with Crippen molar-refractivity contribution in [3.63, 3.8) is 0 Å². The van der Waals surface area contributed by atoms with Gasteiger partial charge in [-0.1, -0.05) is 23.8 Å². The van der Waals surface area contributed by atoms with Crippen molar-refractivity contribution in [1.29, 1.82) is 0 Å². The molecular weight excluding hydrogens is 202 g/mol. The molecule has 0 atom stereocenters. The normalized spacial score (nSPS) is 13.5. The number of aryl methyl sites for hydroxylation is 3. The van der Waals surface area contributed by atoms with E-state index >= 15 is 0 Å². The van der Waals surface area contributed by atoms with Gasteiger partial charge in [-0.05, 0) is 37.0 Å². The molecule has 15 heavy (non-hydrogen) atoms. The third-order valence-corrected chi connectivity index (χ3v) is 3.32. The number of fused-ring (bicyclic) bond motifs is 3. The molecule has 1 N–H and O–H groups in total. The van der Waals surface area contributed by atoms with Crippen LogP contribution in [0.1, 0.15) is 16.7 Å². The van der Waals surface area contributed by atoms with Crippen molar-refractivity contribution in [2.24, 2.45) is 0 Å². The monoisotopic (exact) mass is 215 g/mol. The molecule has 0 saturated carbocycles. The number of nitrogens with one attached hydrogen (secondary N) is 1. The zero-order valence-corrected chi connectivity index (χ0v) is 9.57. The van der Waals surface area contributed by atoms with Crippen molar-refractivity contribution in [3.8, 4) is 11.3 Å². The Labute approximate surface area is 94.9 Å². The molecule has 0 unspecified atom stereocenters. The van der Waals surface area contributed by atoms with E-state index in [0.717, 1.165) is 17.9 Å². The van der Waals surface area contributed by atoms with Crippen molar-refractivity contribution >= 4 is 12.6 Å². The fourth-order valence-corrected chi connectivity index (χ4v) is 2.63. The highest BCUT2D eigenvalue weighted by atomic mass is 32.1. The van der Waals surface area contributed by atoms with Crippen molar-refractivity contribution in [2.45, 2.75) is 24.8 Å². The summed E-state index contributed by atoms with van der Waals surface area (Å²) in [6, 6.07) is 8.82. The van der Waals surface area contributed by atoms with Gasteiger partial charge in [-0.15, -0.1) is 12.6 Å². The lowest BCUT2D eigenvalue weighted by molar-refractivity contribution is 0.939. The van der Waals surface area contributed by atoms with Gasteiger partial charge in [0.1, 0.15) is 0 Å². The average molecular weight is 215 g/mol. The first-order valence-electron chi connectivity index (χ1n) is 5.25. The van der Waals surface area contributed by atoms with E-state index in [1.54, 1.807) is 0 Å². The number of aromatic nitrogens is 1. The molecule has 76 valence electrons. The van der Waals surface area contributed by atoms with Crippen LogP contribution in [-0.4, -0.2) is 4.98 Å². The Hall–Kier alpha value is -1.15. The molecule has 2 aromatic rings. The minimum absolute atomic E-state index is 0.966. The maximum atomic E-state index is 4.37. The van der Waals surface area contributed by atoms with Gasteiger partial charge >= 0.3 is 0 Å². The number of H-pyrrole nitrogens is 1. The largest absolute Gasteiger partial charge is 0.350 e. The average Bonchev–Trinajstić information content (AvgIpc) is 2.58. The highest BCUT2D eigenvalue weighted by molar-refractivity contribution is 7.80. The number of hydrogen-bond acceptors (Lipinski definition) is 1. The van der Waals surface area contributed by atoms with Crippen LogP contribution in [0.25, 0.3) is 11.3 Å². The number of thiol groups is 1. The summed E-state index contributed by atoms with van der Waals surface area (Å²) >= 11 is 4.37. The van der Waals surface area contributed by atoms with E-state index < -0.39 is 0 Å². The van der Waals surface area contributed by atoms with Crippen molar-refractivity contribution in [3.05, 3.63) is 41.0 Å². The van der Waals surface area contributed by atoms with Crippen molar-refractivity contribution < 1.29 is 0 Å². The Balaban J connectivity index is 2.25. The minimum Gasteiger partial charge on any atom is -0.350 e. The molecule has 0 saturated heterocycles. The quantitative estimate of drug-likeness (QED) is 0.627. The van der Waals surface area contributed by atoms with Crippen LogP contribution in [0.5, 0.6) is 0 Å². The molecule has 1 heterocycles. The summed E-state index contributed by atoms with van der Waals surface area (Å²) in [5.74, 6) is 0. The summed E-state index contributed by atoms with van der Waals surface area (Å²) in [4.78, 5) is 3.34. The minimum atomic E-state index is 0.966. The first-order valence-corrected chi connectivity index (χ1v) is 5.69. The number of hydrogen-bond donors (Lipinski definition) is 2. The third kappa shape index (κ3) is 1.40. The zero-order valence-electron chi connectivity index (χ0n) is 8.67. The fourth-order valence-electron chi connectivity index (χ4n) is 2.36. The summed E-state index contributed by atoms with van der Waals surface area (Å²) in [6.07, 6.45) is 2.28. The standard InChI is InChI=1S/C13H13NS/c1-8-2-5-11-9(6-8)3-4-10-7-12(15)14-13(10)11/h2,5-7,14-15H,3-4H2,1H3. The summed E-state index contributed by atoms with van der Waals surface area (Å²) in [7, 11) is 0. The fraction of sp³-hybridized carbons (Fsp3) is 0.231. The van der Waals surface area contributed by atoms with Gasteiger partial charge in [0.15, 0.2) is 0 Å². The van der Waals surface area contributed by atoms with E-state index in [4.69, 9.17) is 0 Å². The molecule has 1 nitrogen and oxygen atoms in total. The molecule has 0 amide bonds. The topological polar surface area (TPSA) is 15.8 Å². The molecular formula is C13H13NS. The van der Waals surface area contributed by atoms with E-state index in [9.17, 15) is 0 Å². The van der Waals surface area contributed by atoms with Gasteiger partial charge in [0.05, 0.1) is 5.03 Å². The van der Waals surface area contributed by atoms with Crippen LogP contribution in [0.4, 0.5) is 0 Å². The zero-order chi connectivity index (χ0) is 10.4. The molecule has 0 bridgehead atoms. The van der Waals surface area contributed by atoms with Crippen molar-refractivity contribution in [1.82, 2.24) is 4.98 Å². The lowest BCUT2D eigenvalue weighted by Crippen LogP contribution is -2.02. The second-order valence-corrected chi connectivity index (χ2v) is 4.70. The van der Waals surface area contributed by atoms with E-state index in [2.05, 4.69) is 48.8 Å². The highest BCUT2D eigenvalue weighted by Crippen LogP contribution is 2.34. The molecule has 0 radical (unpaired) electrons. The van der Waals surface area contributed by atoms with Gasteiger partial charge < -0.3 is 4.98 Å². The summed E-state index contributed by atoms with van der Waals surface area (Å²) < 4.78 is 0. The molecule has 0 aliphatic heterocycles. The smallest absolute Gasteiger partial charge is 0.0698 e. The number of rotatable bonds is 0. The Kier molecular flexibility index (Phi) is 1.93. The van der Waals surface area contributed by atoms with E-state index in [0.29, 0.717) is 0 Å². The molecule has 1 aromatic heterocycles. The molecule has 2 heteroatoms. The van der Waals surface area contributed by atoms with Gasteiger partial charge in [-0.3, -0.25) is 0 Å². The van der Waals surface area contributed by atoms with Gasteiger partial charge in [0, 0.05) is 11.3 Å². The van der Waals surface area contributed by atoms with E-state index in [1.807, 2.05) is 0 Å². The van der Waals surface area contributed by atoms with E-state index in [-0.39, 0.29) is 0 Å². The lowest BCUT2D eigenvalue weighted by Gasteiger charge is -2.16. The number of aromatic amines is 1. The SMILES string of the molecule is Cc1ccc2c(c1)CCc1cc(S)[nH]c1-2. The van der Waals surface area contributed by atoms with Crippen LogP contribution in [0.3, 0.4) is 0 Å². The van der Waals surface area contributed by atoms with Gasteiger partial charge in [-0.2, -0.15) is 0 Å². The predicted octanol–water partition coefficient (Wildman–Crippen LogP) is 3.38. The Bertz CT molecular complexity index is 525. The van der Waals surface area contributed by atoms with Crippen LogP contribution in [0.15, 0.2) is 29.3 Å². The highest BCUT2D eigenvalue weighted by Gasteiger charge is 2.17. The summed E-state index contributed by atoms with van der Waals surface area (Å²) in [5.41, 5.74) is 6.81. The molecule has 0 spiro atoms. The predicted molar refractivity (Wildman–Crippen MR) is 65.6 cm³/mol. The van der Waals surface area contributed by atoms with Gasteiger partial charge in [-0.25, -0.2) is 0 Å². The summed E-state index contributed by atoms with van der Waals surface area (Å²) in [6.45, 7) is 2.15. The Morgan fingerprint density at radius 3 is 2.80 bits per heavy atom. The molecule has 3 rings (SSSR count). The second-order valence-electron chi connectivity index (χ2n) is 4.22.